The molecule has 1 aromatic carbocycles. The number of nitriles is 1. The number of anilines is 1. The Morgan fingerprint density at radius 2 is 2.00 bits per heavy atom. The number of alkyl halides is 3. The van der Waals surface area contributed by atoms with Gasteiger partial charge in [-0.1, -0.05) is 0 Å². The zero-order valence-corrected chi connectivity index (χ0v) is 8.70. The Labute approximate surface area is 95.7 Å². The lowest BCUT2D eigenvalue weighted by molar-refractivity contribution is -0.137. The molecule has 0 aromatic heterocycles. The Kier molecular flexibility index (Phi) is 2.71. The van der Waals surface area contributed by atoms with Crippen LogP contribution in [0.1, 0.15) is 11.1 Å². The highest BCUT2D eigenvalue weighted by molar-refractivity contribution is 5.59. The molecule has 0 saturated carbocycles. The molecule has 1 aliphatic rings. The Morgan fingerprint density at radius 1 is 1.35 bits per heavy atom. The van der Waals surface area contributed by atoms with Crippen LogP contribution in [0.4, 0.5) is 18.9 Å². The fourth-order valence-corrected chi connectivity index (χ4v) is 1.76. The standard InChI is InChI=1S/C11H9F3N2O/c12-11(13,14)9-3-7(4-15)1-2-10(9)16-5-8(17)6-16/h1-3,8,17H,5-6H2. The first-order chi connectivity index (χ1) is 7.91. The van der Waals surface area contributed by atoms with Crippen LogP contribution in [0.15, 0.2) is 18.2 Å². The summed E-state index contributed by atoms with van der Waals surface area (Å²) >= 11 is 0. The molecule has 3 nitrogen and oxygen atoms in total. The van der Waals surface area contributed by atoms with Crippen molar-refractivity contribution < 1.29 is 18.3 Å². The van der Waals surface area contributed by atoms with Crippen LogP contribution < -0.4 is 4.90 Å². The third kappa shape index (κ3) is 2.19. The summed E-state index contributed by atoms with van der Waals surface area (Å²) in [6.45, 7) is 0.379. The van der Waals surface area contributed by atoms with Gasteiger partial charge in [-0.25, -0.2) is 0 Å². The largest absolute Gasteiger partial charge is 0.418 e. The lowest BCUT2D eigenvalue weighted by Crippen LogP contribution is -2.51. The Bertz CT molecular complexity index is 473. The molecular weight excluding hydrogens is 233 g/mol. The summed E-state index contributed by atoms with van der Waals surface area (Å²) in [4.78, 5) is 1.44. The predicted molar refractivity (Wildman–Crippen MR) is 54.4 cm³/mol. The van der Waals surface area contributed by atoms with E-state index in [1.165, 1.54) is 17.0 Å². The van der Waals surface area contributed by atoms with Gasteiger partial charge in [-0.05, 0) is 18.2 Å². The van der Waals surface area contributed by atoms with Crippen LogP contribution >= 0.6 is 0 Å². The van der Waals surface area contributed by atoms with Gasteiger partial charge in [-0.3, -0.25) is 0 Å². The SMILES string of the molecule is N#Cc1ccc(N2CC(O)C2)c(C(F)(F)F)c1. The van der Waals surface area contributed by atoms with Crippen molar-refractivity contribution in [3.63, 3.8) is 0 Å². The topological polar surface area (TPSA) is 47.3 Å². The van der Waals surface area contributed by atoms with Gasteiger partial charge < -0.3 is 10.0 Å². The second kappa shape index (κ2) is 3.93. The maximum Gasteiger partial charge on any atom is 0.418 e. The lowest BCUT2D eigenvalue weighted by atomic mass is 10.0. The summed E-state index contributed by atoms with van der Waals surface area (Å²) < 4.78 is 38.4. The zero-order chi connectivity index (χ0) is 12.6. The molecule has 0 atom stereocenters. The van der Waals surface area contributed by atoms with Crippen molar-refractivity contribution in [1.82, 2.24) is 0 Å². The van der Waals surface area contributed by atoms with Crippen LogP contribution in [0.25, 0.3) is 0 Å². The fourth-order valence-electron chi connectivity index (χ4n) is 1.76. The maximum atomic E-state index is 12.8. The van der Waals surface area contributed by atoms with Crippen molar-refractivity contribution in [2.45, 2.75) is 12.3 Å². The van der Waals surface area contributed by atoms with Gasteiger partial charge in [0.25, 0.3) is 0 Å². The van der Waals surface area contributed by atoms with Crippen LogP contribution in [-0.2, 0) is 6.18 Å². The van der Waals surface area contributed by atoms with Gasteiger partial charge in [0.05, 0.1) is 23.3 Å². The molecular formula is C11H9F3N2O. The quantitative estimate of drug-likeness (QED) is 0.816. The second-order valence-corrected chi connectivity index (χ2v) is 3.90. The third-order valence-corrected chi connectivity index (χ3v) is 2.63. The Balaban J connectivity index is 2.41. The lowest BCUT2D eigenvalue weighted by Gasteiger charge is -2.39. The van der Waals surface area contributed by atoms with Gasteiger partial charge in [0, 0.05) is 18.8 Å². The van der Waals surface area contributed by atoms with Gasteiger partial charge in [0.2, 0.25) is 0 Å². The van der Waals surface area contributed by atoms with Crippen molar-refractivity contribution in [1.29, 1.82) is 5.26 Å². The molecule has 1 aliphatic heterocycles. The predicted octanol–water partition coefficient (Wildman–Crippen LogP) is 1.76. The molecule has 1 aromatic rings. The van der Waals surface area contributed by atoms with Crippen LogP contribution in [0.3, 0.4) is 0 Å². The highest BCUT2D eigenvalue weighted by atomic mass is 19.4. The van der Waals surface area contributed by atoms with E-state index in [-0.39, 0.29) is 24.3 Å². The van der Waals surface area contributed by atoms with Gasteiger partial charge in [0.15, 0.2) is 0 Å². The molecule has 0 spiro atoms. The van der Waals surface area contributed by atoms with E-state index in [2.05, 4.69) is 0 Å². The first-order valence-corrected chi connectivity index (χ1v) is 4.96. The number of halogens is 3. The molecule has 0 radical (unpaired) electrons. The number of hydrogen-bond acceptors (Lipinski definition) is 3. The average molecular weight is 242 g/mol. The fraction of sp³-hybridized carbons (Fsp3) is 0.364. The van der Waals surface area contributed by atoms with Crippen LogP contribution in [-0.4, -0.2) is 24.3 Å². The number of β-amino-alcohol motifs (C(OH)–C–C–N with tert-alkyl or cyclic N) is 1. The van der Waals surface area contributed by atoms with E-state index in [1.54, 1.807) is 6.07 Å². The van der Waals surface area contributed by atoms with E-state index in [0.717, 1.165) is 6.07 Å². The smallest absolute Gasteiger partial charge is 0.389 e. The monoisotopic (exact) mass is 242 g/mol. The van der Waals surface area contributed by atoms with E-state index in [1.807, 2.05) is 0 Å². The van der Waals surface area contributed by atoms with Crippen molar-refractivity contribution >= 4 is 5.69 Å². The number of nitrogens with zero attached hydrogens (tertiary/aromatic N) is 2. The van der Waals surface area contributed by atoms with E-state index in [9.17, 15) is 13.2 Å². The normalized spacial score (nSPS) is 16.5. The van der Waals surface area contributed by atoms with Crippen LogP contribution in [0.2, 0.25) is 0 Å². The highest BCUT2D eigenvalue weighted by Crippen LogP contribution is 2.38. The summed E-state index contributed by atoms with van der Waals surface area (Å²) in [5, 5.41) is 17.7. The van der Waals surface area contributed by atoms with Gasteiger partial charge in [-0.15, -0.1) is 0 Å². The Hall–Kier alpha value is -1.74. The minimum Gasteiger partial charge on any atom is -0.389 e. The van der Waals surface area contributed by atoms with Crippen molar-refractivity contribution in [3.05, 3.63) is 29.3 Å². The summed E-state index contributed by atoms with van der Waals surface area (Å²) in [7, 11) is 0. The van der Waals surface area contributed by atoms with E-state index in [4.69, 9.17) is 10.4 Å². The maximum absolute atomic E-state index is 12.8. The van der Waals surface area contributed by atoms with E-state index in [0.29, 0.717) is 0 Å². The van der Waals surface area contributed by atoms with E-state index < -0.39 is 17.8 Å². The molecule has 1 N–H and O–H groups in total. The molecule has 90 valence electrons. The zero-order valence-electron chi connectivity index (χ0n) is 8.70. The molecule has 1 saturated heterocycles. The molecule has 1 heterocycles. The average Bonchev–Trinajstić information content (AvgIpc) is 2.23. The minimum atomic E-state index is -4.50. The summed E-state index contributed by atoms with van der Waals surface area (Å²) in [5.74, 6) is 0. The van der Waals surface area contributed by atoms with E-state index >= 15 is 0 Å². The number of aliphatic hydroxyl groups excluding tert-OH is 1. The molecule has 6 heteroatoms. The highest BCUT2D eigenvalue weighted by Gasteiger charge is 2.37. The van der Waals surface area contributed by atoms with Gasteiger partial charge in [0.1, 0.15) is 0 Å². The molecule has 0 bridgehead atoms. The first kappa shape index (κ1) is 11.7. The molecule has 2 rings (SSSR count). The number of hydrogen-bond donors (Lipinski definition) is 1. The first-order valence-electron chi connectivity index (χ1n) is 4.96. The number of rotatable bonds is 1. The summed E-state index contributed by atoms with van der Waals surface area (Å²) in [6.07, 6.45) is -5.07. The number of aliphatic hydroxyl groups is 1. The van der Waals surface area contributed by atoms with Crippen molar-refractivity contribution in [2.24, 2.45) is 0 Å². The summed E-state index contributed by atoms with van der Waals surface area (Å²) in [5.41, 5.74) is -0.840. The van der Waals surface area contributed by atoms with Gasteiger partial charge in [-0.2, -0.15) is 18.4 Å². The summed E-state index contributed by atoms with van der Waals surface area (Å²) in [6, 6.07) is 5.13. The van der Waals surface area contributed by atoms with Crippen LogP contribution in [0, 0.1) is 11.3 Å². The molecule has 0 unspecified atom stereocenters. The third-order valence-electron chi connectivity index (χ3n) is 2.63. The molecule has 17 heavy (non-hydrogen) atoms. The van der Waals surface area contributed by atoms with Crippen LogP contribution in [0.5, 0.6) is 0 Å². The molecule has 1 fully saturated rings. The van der Waals surface area contributed by atoms with Crippen molar-refractivity contribution in [2.75, 3.05) is 18.0 Å². The minimum absolute atomic E-state index is 0.0156. The van der Waals surface area contributed by atoms with Gasteiger partial charge >= 0.3 is 6.18 Å². The number of benzene rings is 1. The molecule has 0 amide bonds. The molecule has 0 aliphatic carbocycles. The Morgan fingerprint density at radius 3 is 2.47 bits per heavy atom. The second-order valence-electron chi connectivity index (χ2n) is 3.90. The van der Waals surface area contributed by atoms with Crippen molar-refractivity contribution in [3.8, 4) is 6.07 Å².